The van der Waals surface area contributed by atoms with Gasteiger partial charge in [0, 0.05) is 12.5 Å². The maximum absolute atomic E-state index is 11.8. The molecule has 2 atom stereocenters. The molecule has 2 aliphatic heterocycles. The second-order valence-corrected chi connectivity index (χ2v) is 6.27. The Labute approximate surface area is 141 Å². The van der Waals surface area contributed by atoms with Crippen LogP contribution in [-0.4, -0.2) is 48.1 Å². The van der Waals surface area contributed by atoms with Crippen LogP contribution in [0.3, 0.4) is 0 Å². The van der Waals surface area contributed by atoms with Gasteiger partial charge in [-0.1, -0.05) is 12.1 Å². The molecule has 0 bridgehead atoms. The average molecular weight is 332 g/mol. The van der Waals surface area contributed by atoms with Crippen LogP contribution >= 0.6 is 0 Å². The lowest BCUT2D eigenvalue weighted by Crippen LogP contribution is -2.33. The fraction of sp³-hybridized carbons (Fsp3) is 0.529. The summed E-state index contributed by atoms with van der Waals surface area (Å²) in [5.41, 5.74) is 2.08. The highest BCUT2D eigenvalue weighted by Gasteiger charge is 2.50. The number of aldehydes is 1. The van der Waals surface area contributed by atoms with Crippen LogP contribution in [0.25, 0.3) is 0 Å². The molecule has 24 heavy (non-hydrogen) atoms. The Bertz CT molecular complexity index is 584. The fourth-order valence-corrected chi connectivity index (χ4v) is 3.14. The number of hydrazine groups is 2. The minimum Gasteiger partial charge on any atom is -0.463 e. The number of likely N-dealkylation sites (tertiary alicyclic amines) is 1. The van der Waals surface area contributed by atoms with Crippen LogP contribution in [0.2, 0.25) is 0 Å². The summed E-state index contributed by atoms with van der Waals surface area (Å²) in [6.45, 7) is 4.91. The van der Waals surface area contributed by atoms with Gasteiger partial charge >= 0.3 is 5.97 Å². The standard InChI is InChI=1S/C17H24N4O3/c1-2-24-17(23)16-20(21(16)18)15-5-3-13(4-6-15)11-19-9-7-14(12-22)8-10-19/h3-6,12,14,16H,2,7-11,18H2,1H3/t16?,20?,21-/m0/s1. The summed E-state index contributed by atoms with van der Waals surface area (Å²) < 4.78 is 5.00. The molecule has 0 aromatic heterocycles. The number of ether oxygens (including phenoxy) is 1. The van der Waals surface area contributed by atoms with Gasteiger partial charge in [0.05, 0.1) is 12.3 Å². The summed E-state index contributed by atoms with van der Waals surface area (Å²) in [7, 11) is 0. The molecule has 2 fully saturated rings. The zero-order valence-electron chi connectivity index (χ0n) is 13.9. The van der Waals surface area contributed by atoms with Crippen molar-refractivity contribution < 1.29 is 14.3 Å². The number of nitrogens with zero attached hydrogens (tertiary/aromatic N) is 3. The molecular formula is C17H24N4O3. The normalized spacial score (nSPS) is 24.7. The smallest absolute Gasteiger partial charge is 0.348 e. The molecule has 0 saturated carbocycles. The average Bonchev–Trinajstić information content (AvgIpc) is 3.28. The van der Waals surface area contributed by atoms with Gasteiger partial charge in [-0.05, 0) is 50.6 Å². The van der Waals surface area contributed by atoms with Gasteiger partial charge in [0.25, 0.3) is 0 Å². The lowest BCUT2D eigenvalue weighted by molar-refractivity contribution is -0.143. The predicted octanol–water partition coefficient (Wildman–Crippen LogP) is 0.897. The molecule has 1 aromatic rings. The van der Waals surface area contributed by atoms with E-state index in [4.69, 9.17) is 10.6 Å². The maximum atomic E-state index is 11.8. The van der Waals surface area contributed by atoms with Crippen molar-refractivity contribution in [2.24, 2.45) is 11.8 Å². The Balaban J connectivity index is 1.55. The van der Waals surface area contributed by atoms with E-state index in [2.05, 4.69) is 17.0 Å². The van der Waals surface area contributed by atoms with Crippen molar-refractivity contribution in [1.82, 2.24) is 10.0 Å². The Morgan fingerprint density at radius 1 is 1.29 bits per heavy atom. The second kappa shape index (κ2) is 7.29. The van der Waals surface area contributed by atoms with E-state index in [9.17, 15) is 9.59 Å². The molecule has 1 unspecified atom stereocenters. The third-order valence-electron chi connectivity index (χ3n) is 4.61. The number of nitrogens with two attached hydrogens (primary N) is 1. The number of benzene rings is 1. The van der Waals surface area contributed by atoms with Gasteiger partial charge in [-0.3, -0.25) is 9.91 Å². The van der Waals surface area contributed by atoms with Crippen molar-refractivity contribution in [3.05, 3.63) is 29.8 Å². The number of hydrogen-bond donors (Lipinski definition) is 1. The first-order valence-electron chi connectivity index (χ1n) is 8.40. The topological polar surface area (TPSA) is 78.7 Å². The molecule has 0 spiro atoms. The van der Waals surface area contributed by atoms with E-state index in [-0.39, 0.29) is 11.9 Å². The third-order valence-corrected chi connectivity index (χ3v) is 4.61. The highest BCUT2D eigenvalue weighted by molar-refractivity contribution is 5.83. The molecule has 7 heteroatoms. The summed E-state index contributed by atoms with van der Waals surface area (Å²) in [4.78, 5) is 24.9. The van der Waals surface area contributed by atoms with E-state index in [0.29, 0.717) is 6.61 Å². The molecule has 2 heterocycles. The zero-order chi connectivity index (χ0) is 17.1. The monoisotopic (exact) mass is 332 g/mol. The molecule has 1 aromatic carbocycles. The number of anilines is 1. The summed E-state index contributed by atoms with van der Waals surface area (Å²) in [5.74, 6) is 5.70. The molecule has 130 valence electrons. The van der Waals surface area contributed by atoms with Gasteiger partial charge in [-0.2, -0.15) is 0 Å². The van der Waals surface area contributed by atoms with Gasteiger partial charge in [0.15, 0.2) is 0 Å². The minimum absolute atomic E-state index is 0.224. The van der Waals surface area contributed by atoms with Crippen molar-refractivity contribution in [1.29, 1.82) is 0 Å². The van der Waals surface area contributed by atoms with Crippen molar-refractivity contribution in [3.8, 4) is 0 Å². The highest BCUT2D eigenvalue weighted by atomic mass is 16.5. The number of carbonyl (C=O) groups excluding carboxylic acids is 2. The number of esters is 1. The van der Waals surface area contributed by atoms with Gasteiger partial charge in [-0.15, -0.1) is 5.12 Å². The van der Waals surface area contributed by atoms with Gasteiger partial charge in [-0.25, -0.2) is 10.6 Å². The van der Waals surface area contributed by atoms with E-state index in [1.807, 2.05) is 12.1 Å². The van der Waals surface area contributed by atoms with Crippen LogP contribution in [-0.2, 0) is 20.9 Å². The van der Waals surface area contributed by atoms with Crippen molar-refractivity contribution in [2.45, 2.75) is 32.5 Å². The van der Waals surface area contributed by atoms with E-state index in [1.165, 1.54) is 10.7 Å². The predicted molar refractivity (Wildman–Crippen MR) is 89.4 cm³/mol. The van der Waals surface area contributed by atoms with E-state index in [1.54, 1.807) is 11.9 Å². The highest BCUT2D eigenvalue weighted by Crippen LogP contribution is 2.31. The zero-order valence-corrected chi connectivity index (χ0v) is 13.9. The molecule has 2 saturated heterocycles. The molecule has 2 N–H and O–H groups in total. The molecule has 0 aliphatic carbocycles. The van der Waals surface area contributed by atoms with Crippen LogP contribution in [0.1, 0.15) is 25.3 Å². The SMILES string of the molecule is CCOC(=O)C1N(c2ccc(CN3CCC(C=O)CC3)cc2)[N@]1N. The Kier molecular flexibility index (Phi) is 5.13. The van der Waals surface area contributed by atoms with Crippen LogP contribution in [0.15, 0.2) is 24.3 Å². The molecule has 2 aliphatic rings. The van der Waals surface area contributed by atoms with Crippen LogP contribution < -0.4 is 10.9 Å². The molecule has 7 nitrogen and oxygen atoms in total. The molecule has 3 rings (SSSR count). The number of hydrogen-bond acceptors (Lipinski definition) is 7. The molecule has 0 amide bonds. The Hall–Kier alpha value is -1.96. The first-order chi connectivity index (χ1) is 11.6. The molecule has 0 radical (unpaired) electrons. The van der Waals surface area contributed by atoms with Gasteiger partial charge in [0.2, 0.25) is 6.17 Å². The van der Waals surface area contributed by atoms with Gasteiger partial charge < -0.3 is 9.53 Å². The summed E-state index contributed by atoms with van der Waals surface area (Å²) in [6, 6.07) is 8.03. The van der Waals surface area contributed by atoms with E-state index in [0.717, 1.165) is 44.4 Å². The van der Waals surface area contributed by atoms with Crippen molar-refractivity contribution in [2.75, 3.05) is 24.7 Å². The summed E-state index contributed by atoms with van der Waals surface area (Å²) >= 11 is 0. The lowest BCUT2D eigenvalue weighted by Gasteiger charge is -2.29. The number of piperidine rings is 1. The summed E-state index contributed by atoms with van der Waals surface area (Å²) in [6.07, 6.45) is 2.43. The van der Waals surface area contributed by atoms with E-state index >= 15 is 0 Å². The van der Waals surface area contributed by atoms with Crippen molar-refractivity contribution in [3.63, 3.8) is 0 Å². The number of rotatable bonds is 6. The molecular weight excluding hydrogens is 308 g/mol. The second-order valence-electron chi connectivity index (χ2n) is 6.27. The minimum atomic E-state index is -0.529. The fourth-order valence-electron chi connectivity index (χ4n) is 3.14. The quantitative estimate of drug-likeness (QED) is 0.359. The number of carbonyl (C=O) groups is 2. The van der Waals surface area contributed by atoms with E-state index < -0.39 is 6.17 Å². The third kappa shape index (κ3) is 3.58. The van der Waals surface area contributed by atoms with Crippen molar-refractivity contribution >= 4 is 17.9 Å². The van der Waals surface area contributed by atoms with Crippen LogP contribution in [0, 0.1) is 5.92 Å². The summed E-state index contributed by atoms with van der Waals surface area (Å²) in [5, 5.41) is 3.08. The van der Waals surface area contributed by atoms with Crippen LogP contribution in [0.5, 0.6) is 0 Å². The lowest BCUT2D eigenvalue weighted by atomic mass is 9.98. The Morgan fingerprint density at radius 2 is 1.96 bits per heavy atom. The van der Waals surface area contributed by atoms with Crippen LogP contribution in [0.4, 0.5) is 5.69 Å². The Morgan fingerprint density at radius 3 is 2.54 bits per heavy atom. The van der Waals surface area contributed by atoms with Gasteiger partial charge in [0.1, 0.15) is 6.29 Å². The first-order valence-corrected chi connectivity index (χ1v) is 8.40. The first kappa shape index (κ1) is 16.9. The largest absolute Gasteiger partial charge is 0.463 e. The maximum Gasteiger partial charge on any atom is 0.348 e.